The van der Waals surface area contributed by atoms with Crippen molar-refractivity contribution in [3.05, 3.63) is 88.9 Å². The summed E-state index contributed by atoms with van der Waals surface area (Å²) in [7, 11) is 1.60. The number of fused-ring (bicyclic) bond motifs is 1. The first kappa shape index (κ1) is 20.3. The zero-order valence-corrected chi connectivity index (χ0v) is 17.5. The molecule has 164 valence electrons. The number of hydrogen-bond donors (Lipinski definition) is 1. The first-order chi connectivity index (χ1) is 16.1. The minimum Gasteiger partial charge on any atom is -0.508 e. The number of methoxy groups -OCH3 is 1. The van der Waals surface area contributed by atoms with Gasteiger partial charge in [-0.05, 0) is 60.7 Å². The van der Waals surface area contributed by atoms with Crippen LogP contribution in [0.2, 0.25) is 0 Å². The Balaban J connectivity index is 1.35. The molecule has 0 aliphatic rings. The smallest absolute Gasteiger partial charge is 0.254 e. The second-order valence-corrected chi connectivity index (χ2v) is 7.20. The van der Waals surface area contributed by atoms with E-state index in [4.69, 9.17) is 18.3 Å². The maximum atomic E-state index is 12.5. The SMILES string of the molecule is COc1ccc(-c2nnc(COc3ccc4c(=O)cc(-c5ccc(O)cc5)oc4c3)o2)cc1. The second-order valence-electron chi connectivity index (χ2n) is 7.20. The number of aromatic nitrogens is 2. The summed E-state index contributed by atoms with van der Waals surface area (Å²) in [6.07, 6.45) is 0. The van der Waals surface area contributed by atoms with Crippen molar-refractivity contribution in [2.75, 3.05) is 7.11 Å². The standard InChI is InChI=1S/C25H18N2O6/c1-30-18-8-4-16(5-9-18)25-27-26-24(33-25)14-31-19-10-11-20-21(29)13-22(32-23(20)12-19)15-2-6-17(28)7-3-15/h2-13,28H,14H2,1H3. The average Bonchev–Trinajstić information content (AvgIpc) is 3.32. The molecule has 1 N–H and O–H groups in total. The molecule has 0 aliphatic heterocycles. The van der Waals surface area contributed by atoms with E-state index >= 15 is 0 Å². The second kappa shape index (κ2) is 8.51. The summed E-state index contributed by atoms with van der Waals surface area (Å²) in [5, 5.41) is 18.0. The fraction of sp³-hybridized carbons (Fsp3) is 0.0800. The van der Waals surface area contributed by atoms with Crippen LogP contribution in [-0.4, -0.2) is 22.4 Å². The molecule has 0 saturated heterocycles. The predicted octanol–water partition coefficient (Wildman–Crippen LogP) is 4.80. The summed E-state index contributed by atoms with van der Waals surface area (Å²) in [5.74, 6) is 2.43. The van der Waals surface area contributed by atoms with Crippen molar-refractivity contribution < 1.29 is 23.4 Å². The Morgan fingerprint density at radius 3 is 2.33 bits per heavy atom. The zero-order valence-electron chi connectivity index (χ0n) is 17.5. The molecule has 8 heteroatoms. The number of hydrogen-bond acceptors (Lipinski definition) is 8. The van der Waals surface area contributed by atoms with Crippen LogP contribution >= 0.6 is 0 Å². The molecule has 0 amide bonds. The van der Waals surface area contributed by atoms with Gasteiger partial charge in [-0.3, -0.25) is 4.79 Å². The number of phenols is 1. The maximum Gasteiger partial charge on any atom is 0.254 e. The summed E-state index contributed by atoms with van der Waals surface area (Å²) >= 11 is 0. The van der Waals surface area contributed by atoms with Crippen LogP contribution in [0.4, 0.5) is 0 Å². The van der Waals surface area contributed by atoms with Crippen molar-refractivity contribution in [3.63, 3.8) is 0 Å². The Kier molecular flexibility index (Phi) is 5.24. The highest BCUT2D eigenvalue weighted by Crippen LogP contribution is 2.27. The molecular formula is C25H18N2O6. The zero-order chi connectivity index (χ0) is 22.8. The molecule has 5 rings (SSSR count). The highest BCUT2D eigenvalue weighted by atomic mass is 16.5. The van der Waals surface area contributed by atoms with Gasteiger partial charge in [-0.25, -0.2) is 0 Å². The molecule has 0 aliphatic carbocycles. The molecule has 3 aromatic carbocycles. The molecule has 0 spiro atoms. The summed E-state index contributed by atoms with van der Waals surface area (Å²) < 4.78 is 22.5. The summed E-state index contributed by atoms with van der Waals surface area (Å²) in [6, 6.07) is 20.1. The monoisotopic (exact) mass is 442 g/mol. The number of phenolic OH excluding ortho intramolecular Hbond substituents is 1. The van der Waals surface area contributed by atoms with Crippen LogP contribution in [0.15, 0.2) is 86.4 Å². The van der Waals surface area contributed by atoms with E-state index in [0.29, 0.717) is 39.8 Å². The molecule has 0 unspecified atom stereocenters. The van der Waals surface area contributed by atoms with Crippen molar-refractivity contribution in [1.82, 2.24) is 10.2 Å². The summed E-state index contributed by atoms with van der Waals surface area (Å²) in [5.41, 5.74) is 1.65. The molecule has 2 heterocycles. The van der Waals surface area contributed by atoms with E-state index in [-0.39, 0.29) is 17.8 Å². The van der Waals surface area contributed by atoms with Crippen LogP contribution in [0.25, 0.3) is 33.7 Å². The van der Waals surface area contributed by atoms with Gasteiger partial charge in [-0.2, -0.15) is 0 Å². The van der Waals surface area contributed by atoms with Gasteiger partial charge < -0.3 is 23.4 Å². The van der Waals surface area contributed by atoms with E-state index in [0.717, 1.165) is 11.3 Å². The van der Waals surface area contributed by atoms with Gasteiger partial charge in [0.05, 0.1) is 12.5 Å². The van der Waals surface area contributed by atoms with Crippen LogP contribution < -0.4 is 14.9 Å². The van der Waals surface area contributed by atoms with Crippen LogP contribution in [0.5, 0.6) is 17.2 Å². The van der Waals surface area contributed by atoms with E-state index in [2.05, 4.69) is 10.2 Å². The lowest BCUT2D eigenvalue weighted by Crippen LogP contribution is -2.01. The molecule has 2 aromatic heterocycles. The Bertz CT molecular complexity index is 1470. The summed E-state index contributed by atoms with van der Waals surface area (Å²) in [6.45, 7) is 0.0521. The first-order valence-corrected chi connectivity index (χ1v) is 10.1. The predicted molar refractivity (Wildman–Crippen MR) is 120 cm³/mol. The maximum absolute atomic E-state index is 12.5. The fourth-order valence-corrected chi connectivity index (χ4v) is 3.30. The molecule has 0 saturated carbocycles. The van der Waals surface area contributed by atoms with E-state index in [1.807, 2.05) is 24.3 Å². The van der Waals surface area contributed by atoms with Crippen molar-refractivity contribution >= 4 is 11.0 Å². The number of benzene rings is 3. The number of ether oxygens (including phenoxy) is 2. The molecule has 0 bridgehead atoms. The molecule has 33 heavy (non-hydrogen) atoms. The molecule has 8 nitrogen and oxygen atoms in total. The van der Waals surface area contributed by atoms with Crippen molar-refractivity contribution in [2.24, 2.45) is 0 Å². The Morgan fingerprint density at radius 2 is 1.58 bits per heavy atom. The number of nitrogens with zero attached hydrogens (tertiary/aromatic N) is 2. The van der Waals surface area contributed by atoms with Crippen molar-refractivity contribution in [1.29, 1.82) is 0 Å². The van der Waals surface area contributed by atoms with Gasteiger partial charge >= 0.3 is 0 Å². The molecular weight excluding hydrogens is 424 g/mol. The van der Waals surface area contributed by atoms with E-state index < -0.39 is 0 Å². The van der Waals surface area contributed by atoms with Gasteiger partial charge in [0.1, 0.15) is 28.6 Å². The van der Waals surface area contributed by atoms with Crippen LogP contribution in [0.3, 0.4) is 0 Å². The van der Waals surface area contributed by atoms with Gasteiger partial charge in [0.25, 0.3) is 5.89 Å². The lowest BCUT2D eigenvalue weighted by atomic mass is 10.1. The Hall–Kier alpha value is -4.59. The molecule has 0 radical (unpaired) electrons. The third-order valence-corrected chi connectivity index (χ3v) is 5.02. The lowest BCUT2D eigenvalue weighted by Gasteiger charge is -2.06. The third-order valence-electron chi connectivity index (χ3n) is 5.02. The minimum absolute atomic E-state index is 0.0521. The highest BCUT2D eigenvalue weighted by Gasteiger charge is 2.11. The first-order valence-electron chi connectivity index (χ1n) is 10.1. The van der Waals surface area contributed by atoms with Gasteiger partial charge in [0, 0.05) is 23.3 Å². The van der Waals surface area contributed by atoms with Crippen LogP contribution in [0, 0.1) is 0 Å². The number of rotatable bonds is 6. The Labute approximate surface area is 187 Å². The van der Waals surface area contributed by atoms with E-state index in [1.165, 1.54) is 18.2 Å². The van der Waals surface area contributed by atoms with Gasteiger partial charge in [0.15, 0.2) is 12.0 Å². The minimum atomic E-state index is -0.174. The third kappa shape index (κ3) is 4.27. The van der Waals surface area contributed by atoms with Crippen molar-refractivity contribution in [3.8, 4) is 40.0 Å². The Morgan fingerprint density at radius 1 is 0.848 bits per heavy atom. The molecule has 5 aromatic rings. The topological polar surface area (TPSA) is 108 Å². The average molecular weight is 442 g/mol. The molecule has 0 atom stereocenters. The van der Waals surface area contributed by atoms with E-state index in [1.54, 1.807) is 37.4 Å². The molecule has 0 fully saturated rings. The lowest BCUT2D eigenvalue weighted by molar-refractivity contribution is 0.264. The van der Waals surface area contributed by atoms with Gasteiger partial charge in [-0.1, -0.05) is 0 Å². The summed E-state index contributed by atoms with van der Waals surface area (Å²) in [4.78, 5) is 12.5. The quantitative estimate of drug-likeness (QED) is 0.399. The van der Waals surface area contributed by atoms with Crippen LogP contribution in [-0.2, 0) is 6.61 Å². The number of aromatic hydroxyl groups is 1. The van der Waals surface area contributed by atoms with E-state index in [9.17, 15) is 9.90 Å². The van der Waals surface area contributed by atoms with Gasteiger partial charge in [0.2, 0.25) is 5.89 Å². The van der Waals surface area contributed by atoms with Crippen molar-refractivity contribution in [2.45, 2.75) is 6.61 Å². The normalized spacial score (nSPS) is 10.9. The highest BCUT2D eigenvalue weighted by molar-refractivity contribution is 5.80. The van der Waals surface area contributed by atoms with Crippen LogP contribution in [0.1, 0.15) is 5.89 Å². The fourth-order valence-electron chi connectivity index (χ4n) is 3.30. The largest absolute Gasteiger partial charge is 0.508 e. The van der Waals surface area contributed by atoms with Gasteiger partial charge in [-0.15, -0.1) is 10.2 Å².